The van der Waals surface area contributed by atoms with Crippen LogP contribution in [0.3, 0.4) is 0 Å². The lowest BCUT2D eigenvalue weighted by Gasteiger charge is -1.98. The standard InChI is InChI=1S/C13H14N4S/c1-8(2)13-15-11-5-4-10(6-12(11)18-13)17-7-14-9(3)16-17/h4-8H,1-3H3. The summed E-state index contributed by atoms with van der Waals surface area (Å²) in [5.41, 5.74) is 2.09. The summed E-state index contributed by atoms with van der Waals surface area (Å²) in [4.78, 5) is 8.77. The molecule has 4 nitrogen and oxygen atoms in total. The summed E-state index contributed by atoms with van der Waals surface area (Å²) < 4.78 is 2.99. The maximum Gasteiger partial charge on any atom is 0.147 e. The molecule has 0 spiro atoms. The highest BCUT2D eigenvalue weighted by atomic mass is 32.1. The molecule has 92 valence electrons. The molecule has 3 aromatic rings. The van der Waals surface area contributed by atoms with Crippen LogP contribution in [0.1, 0.15) is 30.6 Å². The Kier molecular flexibility index (Phi) is 2.63. The van der Waals surface area contributed by atoms with E-state index in [1.807, 2.05) is 19.1 Å². The first-order chi connectivity index (χ1) is 8.63. The first kappa shape index (κ1) is 11.3. The lowest BCUT2D eigenvalue weighted by Crippen LogP contribution is -1.94. The fourth-order valence-corrected chi connectivity index (χ4v) is 2.79. The Morgan fingerprint density at radius 2 is 2.11 bits per heavy atom. The fraction of sp³-hybridized carbons (Fsp3) is 0.308. The highest BCUT2D eigenvalue weighted by Crippen LogP contribution is 2.28. The summed E-state index contributed by atoms with van der Waals surface area (Å²) in [5, 5.41) is 5.50. The van der Waals surface area contributed by atoms with Crippen LogP contribution in [0.4, 0.5) is 0 Å². The molecule has 2 heterocycles. The average molecular weight is 258 g/mol. The Hall–Kier alpha value is -1.75. The number of hydrogen-bond acceptors (Lipinski definition) is 4. The van der Waals surface area contributed by atoms with E-state index in [4.69, 9.17) is 0 Å². The van der Waals surface area contributed by atoms with Crippen molar-refractivity contribution in [2.45, 2.75) is 26.7 Å². The van der Waals surface area contributed by atoms with Crippen molar-refractivity contribution < 1.29 is 0 Å². The quantitative estimate of drug-likeness (QED) is 0.708. The Labute approximate surface area is 109 Å². The lowest BCUT2D eigenvalue weighted by atomic mass is 10.2. The largest absolute Gasteiger partial charge is 0.241 e. The van der Waals surface area contributed by atoms with Crippen molar-refractivity contribution in [2.75, 3.05) is 0 Å². The molecule has 0 aliphatic heterocycles. The Morgan fingerprint density at radius 3 is 2.78 bits per heavy atom. The summed E-state index contributed by atoms with van der Waals surface area (Å²) in [6.07, 6.45) is 1.74. The van der Waals surface area contributed by atoms with E-state index in [-0.39, 0.29) is 0 Å². The van der Waals surface area contributed by atoms with Gasteiger partial charge in [0.05, 0.1) is 20.9 Å². The fourth-order valence-electron chi connectivity index (χ4n) is 1.79. The minimum atomic E-state index is 0.472. The van der Waals surface area contributed by atoms with Crippen LogP contribution in [0, 0.1) is 6.92 Å². The maximum atomic E-state index is 4.63. The van der Waals surface area contributed by atoms with E-state index in [9.17, 15) is 0 Å². The Bertz CT molecular complexity index is 696. The van der Waals surface area contributed by atoms with Crippen LogP contribution in [0.2, 0.25) is 0 Å². The van der Waals surface area contributed by atoms with Crippen LogP contribution >= 0.6 is 11.3 Å². The van der Waals surface area contributed by atoms with Crippen LogP contribution in [0.5, 0.6) is 0 Å². The van der Waals surface area contributed by atoms with E-state index in [1.165, 1.54) is 9.71 Å². The lowest BCUT2D eigenvalue weighted by molar-refractivity contribution is 0.856. The number of nitrogens with zero attached hydrogens (tertiary/aromatic N) is 4. The van der Waals surface area contributed by atoms with Gasteiger partial charge in [-0.05, 0) is 25.1 Å². The van der Waals surface area contributed by atoms with Crippen LogP contribution in [-0.4, -0.2) is 19.7 Å². The van der Waals surface area contributed by atoms with Gasteiger partial charge in [0, 0.05) is 5.92 Å². The van der Waals surface area contributed by atoms with E-state index in [0.29, 0.717) is 5.92 Å². The molecule has 1 aromatic carbocycles. The Morgan fingerprint density at radius 1 is 1.28 bits per heavy atom. The number of aryl methyl sites for hydroxylation is 1. The molecule has 0 atom stereocenters. The highest BCUT2D eigenvalue weighted by molar-refractivity contribution is 7.18. The molecule has 0 bridgehead atoms. The molecule has 18 heavy (non-hydrogen) atoms. The van der Waals surface area contributed by atoms with Crippen LogP contribution < -0.4 is 0 Å². The maximum absolute atomic E-state index is 4.63. The minimum absolute atomic E-state index is 0.472. The molecule has 0 radical (unpaired) electrons. The van der Waals surface area contributed by atoms with Crippen molar-refractivity contribution in [3.63, 3.8) is 0 Å². The first-order valence-electron chi connectivity index (χ1n) is 5.92. The molecular weight excluding hydrogens is 244 g/mol. The topological polar surface area (TPSA) is 43.6 Å². The van der Waals surface area contributed by atoms with Crippen LogP contribution in [-0.2, 0) is 0 Å². The van der Waals surface area contributed by atoms with E-state index >= 15 is 0 Å². The van der Waals surface area contributed by atoms with Crippen molar-refractivity contribution in [3.8, 4) is 5.69 Å². The van der Waals surface area contributed by atoms with Gasteiger partial charge in [0.2, 0.25) is 0 Å². The van der Waals surface area contributed by atoms with Gasteiger partial charge in [-0.1, -0.05) is 13.8 Å². The number of hydrogen-bond donors (Lipinski definition) is 0. The van der Waals surface area contributed by atoms with Gasteiger partial charge in [-0.25, -0.2) is 14.6 Å². The number of thiazole rings is 1. The number of fused-ring (bicyclic) bond motifs is 1. The average Bonchev–Trinajstić information content (AvgIpc) is 2.93. The second-order valence-electron chi connectivity index (χ2n) is 4.60. The van der Waals surface area contributed by atoms with Crippen molar-refractivity contribution in [3.05, 3.63) is 35.4 Å². The minimum Gasteiger partial charge on any atom is -0.241 e. The van der Waals surface area contributed by atoms with Gasteiger partial charge in [-0.3, -0.25) is 0 Å². The van der Waals surface area contributed by atoms with Crippen molar-refractivity contribution in [2.24, 2.45) is 0 Å². The molecular formula is C13H14N4S. The molecule has 0 aliphatic carbocycles. The molecule has 0 N–H and O–H groups in total. The summed E-state index contributed by atoms with van der Waals surface area (Å²) >= 11 is 1.75. The number of aromatic nitrogens is 4. The van der Waals surface area contributed by atoms with E-state index in [1.54, 1.807) is 22.3 Å². The monoisotopic (exact) mass is 258 g/mol. The van der Waals surface area contributed by atoms with E-state index in [2.05, 4.69) is 35.0 Å². The van der Waals surface area contributed by atoms with Gasteiger partial charge < -0.3 is 0 Å². The zero-order chi connectivity index (χ0) is 12.7. The molecule has 2 aromatic heterocycles. The molecule has 3 rings (SSSR count). The van der Waals surface area contributed by atoms with E-state index < -0.39 is 0 Å². The predicted octanol–water partition coefficient (Wildman–Crippen LogP) is 3.31. The second kappa shape index (κ2) is 4.17. The summed E-state index contributed by atoms with van der Waals surface area (Å²) in [6.45, 7) is 6.22. The van der Waals surface area contributed by atoms with Gasteiger partial charge >= 0.3 is 0 Å². The molecule has 0 unspecified atom stereocenters. The van der Waals surface area contributed by atoms with Gasteiger partial charge in [0.15, 0.2) is 0 Å². The third-order valence-electron chi connectivity index (χ3n) is 2.75. The smallest absolute Gasteiger partial charge is 0.147 e. The molecule has 0 saturated carbocycles. The highest BCUT2D eigenvalue weighted by Gasteiger charge is 2.08. The van der Waals surface area contributed by atoms with Crippen molar-refractivity contribution >= 4 is 21.6 Å². The van der Waals surface area contributed by atoms with Crippen LogP contribution in [0.15, 0.2) is 24.5 Å². The van der Waals surface area contributed by atoms with Crippen molar-refractivity contribution in [1.82, 2.24) is 19.7 Å². The molecule has 0 amide bonds. The summed E-state index contributed by atoms with van der Waals surface area (Å²) in [5.74, 6) is 1.25. The normalized spacial score (nSPS) is 11.6. The molecule has 0 saturated heterocycles. The third kappa shape index (κ3) is 1.90. The number of benzene rings is 1. The zero-order valence-corrected chi connectivity index (χ0v) is 11.4. The van der Waals surface area contributed by atoms with E-state index in [0.717, 1.165) is 17.0 Å². The predicted molar refractivity (Wildman–Crippen MR) is 73.4 cm³/mol. The first-order valence-corrected chi connectivity index (χ1v) is 6.74. The number of rotatable bonds is 2. The van der Waals surface area contributed by atoms with Crippen molar-refractivity contribution in [1.29, 1.82) is 0 Å². The zero-order valence-electron chi connectivity index (χ0n) is 10.6. The SMILES string of the molecule is Cc1ncn(-c2ccc3nc(C(C)C)sc3c2)n1. The molecule has 0 fully saturated rings. The summed E-state index contributed by atoms with van der Waals surface area (Å²) in [7, 11) is 0. The Balaban J connectivity index is 2.10. The van der Waals surface area contributed by atoms with Gasteiger partial charge in [-0.15, -0.1) is 11.3 Å². The molecule has 0 aliphatic rings. The van der Waals surface area contributed by atoms with Gasteiger partial charge in [-0.2, -0.15) is 5.10 Å². The molecule has 5 heteroatoms. The summed E-state index contributed by atoms with van der Waals surface area (Å²) in [6, 6.07) is 6.19. The third-order valence-corrected chi connectivity index (χ3v) is 4.07. The van der Waals surface area contributed by atoms with Gasteiger partial charge in [0.25, 0.3) is 0 Å². The van der Waals surface area contributed by atoms with Crippen LogP contribution in [0.25, 0.3) is 15.9 Å². The second-order valence-corrected chi connectivity index (χ2v) is 5.66. The van der Waals surface area contributed by atoms with Gasteiger partial charge in [0.1, 0.15) is 12.2 Å².